The molecule has 0 atom stereocenters. The number of benzene rings is 1. The first-order chi connectivity index (χ1) is 9.36. The molecule has 1 N–H and O–H groups in total. The lowest BCUT2D eigenvalue weighted by Gasteiger charge is -2.16. The van der Waals surface area contributed by atoms with Gasteiger partial charge in [0.05, 0.1) is 12.2 Å². The van der Waals surface area contributed by atoms with Gasteiger partial charge in [0, 0.05) is 11.1 Å². The van der Waals surface area contributed by atoms with E-state index < -0.39 is 11.8 Å². The second-order valence-electron chi connectivity index (χ2n) is 4.50. The van der Waals surface area contributed by atoms with E-state index >= 15 is 0 Å². The van der Waals surface area contributed by atoms with E-state index in [0.29, 0.717) is 17.4 Å². The monoisotopic (exact) mass is 296 g/mol. The second-order valence-corrected chi connectivity index (χ2v) is 4.93. The van der Waals surface area contributed by atoms with Crippen LogP contribution in [0.15, 0.2) is 24.3 Å². The van der Waals surface area contributed by atoms with Crippen LogP contribution >= 0.6 is 11.6 Å². The Morgan fingerprint density at radius 3 is 2.50 bits per heavy atom. The van der Waals surface area contributed by atoms with E-state index in [4.69, 9.17) is 21.4 Å². The predicted octanol–water partition coefficient (Wildman–Crippen LogP) is 3.69. The molecule has 0 saturated heterocycles. The summed E-state index contributed by atoms with van der Waals surface area (Å²) in [5.74, 6) is -1.03. The molecule has 0 heterocycles. The van der Waals surface area contributed by atoms with Gasteiger partial charge in [0.2, 0.25) is 0 Å². The molecule has 0 saturated carbocycles. The van der Waals surface area contributed by atoms with Crippen molar-refractivity contribution in [3.63, 3.8) is 0 Å². The molecule has 0 spiro atoms. The molecule has 0 radical (unpaired) electrons. The summed E-state index contributed by atoms with van der Waals surface area (Å²) >= 11 is 6.02. The Bertz CT molecular complexity index is 547. The molecule has 108 valence electrons. The minimum Gasteiger partial charge on any atom is -0.493 e. The van der Waals surface area contributed by atoms with Crippen LogP contribution in [0.3, 0.4) is 0 Å². The number of hydrogen-bond donors (Lipinski definition) is 1. The Balaban J connectivity index is 3.36. The van der Waals surface area contributed by atoms with Gasteiger partial charge in [-0.2, -0.15) is 0 Å². The lowest BCUT2D eigenvalue weighted by molar-refractivity contribution is -0.131. The number of aliphatic carboxylic acids is 1. The topological polar surface area (TPSA) is 63.6 Å². The summed E-state index contributed by atoms with van der Waals surface area (Å²) in [6.07, 6.45) is 1.80. The summed E-state index contributed by atoms with van der Waals surface area (Å²) in [6, 6.07) is 3.25. The summed E-state index contributed by atoms with van der Waals surface area (Å²) in [5.41, 5.74) is 1.10. The van der Waals surface area contributed by atoms with Crippen LogP contribution in [0.5, 0.6) is 5.75 Å². The van der Waals surface area contributed by atoms with Gasteiger partial charge in [-0.05, 0) is 36.6 Å². The number of carbonyl (C=O) groups excluding carboxylic acids is 1. The Labute approximate surface area is 123 Å². The van der Waals surface area contributed by atoms with Crippen LogP contribution in [0, 0.1) is 0 Å². The fourth-order valence-corrected chi connectivity index (χ4v) is 2.00. The van der Waals surface area contributed by atoms with Crippen LogP contribution in [0.1, 0.15) is 42.6 Å². The van der Waals surface area contributed by atoms with Gasteiger partial charge in [-0.15, -0.1) is 0 Å². The molecule has 5 heteroatoms. The zero-order chi connectivity index (χ0) is 15.3. The van der Waals surface area contributed by atoms with Crippen LogP contribution in [0.2, 0.25) is 5.02 Å². The second kappa shape index (κ2) is 7.10. The fourth-order valence-electron chi connectivity index (χ4n) is 1.77. The number of allylic oxidation sites excluding steroid dienone is 1. The van der Waals surface area contributed by atoms with Crippen molar-refractivity contribution in [2.75, 3.05) is 6.61 Å². The zero-order valence-corrected chi connectivity index (χ0v) is 12.4. The highest BCUT2D eigenvalue weighted by Gasteiger charge is 2.18. The number of carbonyl (C=O) groups is 2. The van der Waals surface area contributed by atoms with Crippen molar-refractivity contribution in [2.24, 2.45) is 0 Å². The van der Waals surface area contributed by atoms with E-state index in [1.54, 1.807) is 6.07 Å². The van der Waals surface area contributed by atoms with E-state index in [-0.39, 0.29) is 11.5 Å². The van der Waals surface area contributed by atoms with E-state index in [9.17, 15) is 9.59 Å². The van der Waals surface area contributed by atoms with Gasteiger partial charge in [0.15, 0.2) is 5.78 Å². The maximum absolute atomic E-state index is 12.1. The normalized spacial score (nSPS) is 11.1. The van der Waals surface area contributed by atoms with Crippen molar-refractivity contribution in [1.29, 1.82) is 0 Å². The molecule has 0 bridgehead atoms. The number of ketones is 1. The Kier molecular flexibility index (Phi) is 5.77. The van der Waals surface area contributed by atoms with Gasteiger partial charge in [0.1, 0.15) is 5.75 Å². The lowest BCUT2D eigenvalue weighted by atomic mass is 9.97. The van der Waals surface area contributed by atoms with Crippen molar-refractivity contribution in [3.8, 4) is 5.75 Å². The van der Waals surface area contributed by atoms with Crippen LogP contribution in [0.25, 0.3) is 0 Å². The van der Waals surface area contributed by atoms with Crippen LogP contribution in [0.4, 0.5) is 0 Å². The summed E-state index contributed by atoms with van der Waals surface area (Å²) in [4.78, 5) is 22.6. The molecule has 1 aromatic rings. The summed E-state index contributed by atoms with van der Waals surface area (Å²) in [7, 11) is 0. The molecule has 0 aliphatic rings. The maximum Gasteiger partial charge on any atom is 0.328 e. The average molecular weight is 297 g/mol. The van der Waals surface area contributed by atoms with Gasteiger partial charge in [0.25, 0.3) is 0 Å². The highest BCUT2D eigenvalue weighted by Crippen LogP contribution is 2.34. The molecule has 0 aliphatic heterocycles. The van der Waals surface area contributed by atoms with Crippen LogP contribution in [-0.2, 0) is 4.79 Å². The number of rotatable bonds is 6. The third kappa shape index (κ3) is 4.10. The van der Waals surface area contributed by atoms with E-state index in [1.807, 2.05) is 20.8 Å². The molecule has 4 nitrogen and oxygen atoms in total. The summed E-state index contributed by atoms with van der Waals surface area (Å²) < 4.78 is 5.55. The third-order valence-electron chi connectivity index (χ3n) is 2.64. The summed E-state index contributed by atoms with van der Waals surface area (Å²) in [6.45, 7) is 6.16. The molecular weight excluding hydrogens is 280 g/mol. The minimum absolute atomic E-state index is 0.130. The third-order valence-corrected chi connectivity index (χ3v) is 2.85. The number of halogens is 1. The highest BCUT2D eigenvalue weighted by atomic mass is 35.5. The SMILES string of the molecule is CCOc1c(C(=O)/C=C/C(=O)O)cc(Cl)cc1C(C)C. The molecule has 0 fully saturated rings. The predicted molar refractivity (Wildman–Crippen MR) is 77.8 cm³/mol. The van der Waals surface area contributed by atoms with Gasteiger partial charge in [-0.3, -0.25) is 4.79 Å². The Morgan fingerprint density at radius 2 is 2.00 bits per heavy atom. The molecule has 0 amide bonds. The fraction of sp³-hybridized carbons (Fsp3) is 0.333. The van der Waals surface area contributed by atoms with Gasteiger partial charge in [-0.25, -0.2) is 4.79 Å². The first-order valence-corrected chi connectivity index (χ1v) is 6.66. The number of carboxylic acids is 1. The zero-order valence-electron chi connectivity index (χ0n) is 11.6. The molecule has 0 aliphatic carbocycles. The molecular formula is C15H17ClO4. The standard InChI is InChI=1S/C15H17ClO4/c1-4-20-15-11(9(2)3)7-10(16)8-12(15)13(17)5-6-14(18)19/h5-9H,4H2,1-3H3,(H,18,19)/b6-5+. The van der Waals surface area contributed by atoms with E-state index in [0.717, 1.165) is 17.7 Å². The van der Waals surface area contributed by atoms with Gasteiger partial charge in [-0.1, -0.05) is 25.4 Å². The molecule has 20 heavy (non-hydrogen) atoms. The van der Waals surface area contributed by atoms with E-state index in [1.165, 1.54) is 6.07 Å². The van der Waals surface area contributed by atoms with Crippen molar-refractivity contribution >= 4 is 23.4 Å². The van der Waals surface area contributed by atoms with Crippen molar-refractivity contribution in [2.45, 2.75) is 26.7 Å². The molecule has 0 unspecified atom stereocenters. The first kappa shape index (κ1) is 16.2. The van der Waals surface area contributed by atoms with Crippen LogP contribution in [-0.4, -0.2) is 23.5 Å². The quantitative estimate of drug-likeness (QED) is 0.642. The largest absolute Gasteiger partial charge is 0.493 e. The molecule has 1 aromatic carbocycles. The van der Waals surface area contributed by atoms with Crippen molar-refractivity contribution < 1.29 is 19.4 Å². The van der Waals surface area contributed by atoms with Gasteiger partial charge < -0.3 is 9.84 Å². The smallest absolute Gasteiger partial charge is 0.328 e. The molecule has 0 aromatic heterocycles. The first-order valence-electron chi connectivity index (χ1n) is 6.28. The maximum atomic E-state index is 12.1. The summed E-state index contributed by atoms with van der Waals surface area (Å²) in [5, 5.41) is 9.00. The molecule has 1 rings (SSSR count). The van der Waals surface area contributed by atoms with Crippen molar-refractivity contribution in [1.82, 2.24) is 0 Å². The average Bonchev–Trinajstić information content (AvgIpc) is 2.37. The lowest BCUT2D eigenvalue weighted by Crippen LogP contribution is -2.06. The Morgan fingerprint density at radius 1 is 1.35 bits per heavy atom. The number of hydrogen-bond acceptors (Lipinski definition) is 3. The van der Waals surface area contributed by atoms with Gasteiger partial charge >= 0.3 is 5.97 Å². The number of carboxylic acid groups (broad SMARTS) is 1. The number of ether oxygens (including phenoxy) is 1. The van der Waals surface area contributed by atoms with Crippen molar-refractivity contribution in [3.05, 3.63) is 40.4 Å². The van der Waals surface area contributed by atoms with Crippen LogP contribution < -0.4 is 4.74 Å². The Hall–Kier alpha value is -1.81. The minimum atomic E-state index is -1.18. The van der Waals surface area contributed by atoms with E-state index in [2.05, 4.69) is 0 Å². The highest BCUT2D eigenvalue weighted by molar-refractivity contribution is 6.31.